The number of alkyl halides is 1. The average molecular weight is 468 g/mol. The third-order valence-corrected chi connectivity index (χ3v) is 8.78. The number of nitrogens with zero attached hydrogens (tertiary/aromatic N) is 1. The lowest BCUT2D eigenvalue weighted by Gasteiger charge is -2.16. The highest BCUT2D eigenvalue weighted by atomic mass is 79.9. The second-order valence-electron chi connectivity index (χ2n) is 5.58. The first-order chi connectivity index (χ1) is 12.8. The maximum Gasteiger partial charge on any atom is 0.290 e. The quantitative estimate of drug-likeness (QED) is 0.508. The van der Waals surface area contributed by atoms with Gasteiger partial charge < -0.3 is 0 Å². The topological polar surface area (TPSA) is 63.6 Å². The predicted molar refractivity (Wildman–Crippen MR) is 107 cm³/mol. The maximum atomic E-state index is 15.5. The summed E-state index contributed by atoms with van der Waals surface area (Å²) in [5.41, 5.74) is -2.08. The van der Waals surface area contributed by atoms with Gasteiger partial charge in [0, 0.05) is 10.0 Å². The van der Waals surface area contributed by atoms with Crippen molar-refractivity contribution in [3.63, 3.8) is 0 Å². The van der Waals surface area contributed by atoms with Crippen LogP contribution < -0.4 is 0 Å². The van der Waals surface area contributed by atoms with Gasteiger partial charge in [-0.05, 0) is 30.3 Å². The minimum atomic E-state index is -4.34. The van der Waals surface area contributed by atoms with Crippen molar-refractivity contribution in [2.75, 3.05) is 0 Å². The van der Waals surface area contributed by atoms with Gasteiger partial charge in [0.2, 0.25) is 5.50 Å². The van der Waals surface area contributed by atoms with Crippen LogP contribution in [0.3, 0.4) is 0 Å². The van der Waals surface area contributed by atoms with Crippen molar-refractivity contribution in [1.82, 2.24) is 0 Å². The molecule has 140 valence electrons. The second kappa shape index (κ2) is 7.92. The lowest BCUT2D eigenvalue weighted by Crippen LogP contribution is -2.13. The van der Waals surface area contributed by atoms with Crippen LogP contribution in [-0.2, 0) is 19.8 Å². The zero-order valence-corrected chi connectivity index (χ0v) is 17.1. The van der Waals surface area contributed by atoms with E-state index in [1.54, 1.807) is 42.5 Å². The van der Waals surface area contributed by atoms with Crippen LogP contribution in [0.1, 0.15) is 11.1 Å². The summed E-state index contributed by atoms with van der Waals surface area (Å²) in [6, 6.07) is 21.3. The number of rotatable bonds is 5. The Bertz CT molecular complexity index is 1160. The van der Waals surface area contributed by atoms with Crippen molar-refractivity contribution in [3.05, 3.63) is 95.0 Å². The van der Waals surface area contributed by atoms with E-state index in [1.807, 2.05) is 0 Å². The Kier molecular flexibility index (Phi) is 5.78. The van der Waals surface area contributed by atoms with E-state index in [9.17, 15) is 12.6 Å². The number of sulfonamides is 1. The van der Waals surface area contributed by atoms with E-state index < -0.39 is 25.3 Å². The number of benzene rings is 3. The second-order valence-corrected chi connectivity index (χ2v) is 10.5. The fraction of sp³-hybridized carbons (Fsp3) is 0.0526. The first kappa shape index (κ1) is 19.7. The van der Waals surface area contributed by atoms with Crippen molar-refractivity contribution in [2.24, 2.45) is 3.77 Å². The Morgan fingerprint density at radius 1 is 0.741 bits per heavy atom. The van der Waals surface area contributed by atoms with Crippen molar-refractivity contribution in [3.8, 4) is 0 Å². The minimum absolute atomic E-state index is 0.00718. The van der Waals surface area contributed by atoms with Crippen LogP contribution in [0.5, 0.6) is 0 Å². The van der Waals surface area contributed by atoms with E-state index >= 15 is 4.39 Å². The lowest BCUT2D eigenvalue weighted by molar-refractivity contribution is 0.449. The van der Waals surface area contributed by atoms with Crippen molar-refractivity contribution < 1.29 is 17.0 Å². The van der Waals surface area contributed by atoms with Gasteiger partial charge in [-0.15, -0.1) is 0 Å². The molecule has 4 nitrogen and oxygen atoms in total. The highest BCUT2D eigenvalue weighted by Crippen LogP contribution is 2.37. The smallest absolute Gasteiger partial charge is 0.240 e. The molecule has 0 aliphatic rings. The third-order valence-electron chi connectivity index (χ3n) is 3.76. The molecule has 0 heterocycles. The SMILES string of the molecule is O=S(=O)(N=S(=O)(c1ccccc1)C(F)c1ccccc1Br)c1ccccc1. The zero-order valence-electron chi connectivity index (χ0n) is 13.9. The van der Waals surface area contributed by atoms with Crippen LogP contribution in [0, 0.1) is 0 Å². The molecule has 0 saturated heterocycles. The summed E-state index contributed by atoms with van der Waals surface area (Å²) in [6.45, 7) is 0. The standard InChI is InChI=1S/C19H15BrFNO3S2/c20-18-14-8-7-13-17(18)19(21)26(23,15-9-3-1-4-10-15)22-27(24,25)16-11-5-2-6-12-16/h1-14,19H. The molecular formula is C19H15BrFNO3S2. The van der Waals surface area contributed by atoms with Gasteiger partial charge in [0.1, 0.15) is 9.73 Å². The summed E-state index contributed by atoms with van der Waals surface area (Å²) in [4.78, 5) is -0.138. The Morgan fingerprint density at radius 3 is 1.78 bits per heavy atom. The van der Waals surface area contributed by atoms with Crippen LogP contribution in [-0.4, -0.2) is 12.6 Å². The first-order valence-corrected chi connectivity index (χ1v) is 11.7. The molecule has 0 aromatic heterocycles. The molecule has 3 aromatic rings. The van der Waals surface area contributed by atoms with Crippen LogP contribution in [0.4, 0.5) is 4.39 Å². The summed E-state index contributed by atoms with van der Waals surface area (Å²) >= 11 is 3.23. The third kappa shape index (κ3) is 4.12. The van der Waals surface area contributed by atoms with E-state index in [2.05, 4.69) is 19.7 Å². The van der Waals surface area contributed by atoms with Gasteiger partial charge in [-0.3, -0.25) is 0 Å². The van der Waals surface area contributed by atoms with Crippen LogP contribution in [0.15, 0.2) is 103 Å². The predicted octanol–water partition coefficient (Wildman–Crippen LogP) is 5.33. The molecule has 3 aromatic carbocycles. The molecule has 0 amide bonds. The van der Waals surface area contributed by atoms with Crippen LogP contribution in [0.25, 0.3) is 0 Å². The number of hydrogen-bond donors (Lipinski definition) is 0. The molecule has 8 heteroatoms. The Hall–Kier alpha value is -2.03. The Balaban J connectivity index is 2.27. The molecule has 0 radical (unpaired) electrons. The molecular weight excluding hydrogens is 453 g/mol. The minimum Gasteiger partial charge on any atom is -0.240 e. The molecule has 0 spiro atoms. The summed E-state index contributed by atoms with van der Waals surface area (Å²) in [7, 11) is -8.33. The molecule has 2 unspecified atom stereocenters. The van der Waals surface area contributed by atoms with Crippen LogP contribution in [0.2, 0.25) is 0 Å². The van der Waals surface area contributed by atoms with E-state index in [1.165, 1.54) is 42.5 Å². The highest BCUT2D eigenvalue weighted by molar-refractivity contribution is 9.10. The normalized spacial score (nSPS) is 14.9. The zero-order chi connectivity index (χ0) is 19.5. The van der Waals surface area contributed by atoms with Crippen molar-refractivity contribution >= 4 is 35.7 Å². The maximum absolute atomic E-state index is 15.5. The Labute approximate surface area is 166 Å². The van der Waals surface area contributed by atoms with E-state index in [-0.39, 0.29) is 15.4 Å². The molecule has 27 heavy (non-hydrogen) atoms. The summed E-state index contributed by atoms with van der Waals surface area (Å²) in [5, 5.41) is 0. The molecule has 0 saturated carbocycles. The van der Waals surface area contributed by atoms with Gasteiger partial charge in [-0.2, -0.15) is 8.42 Å². The largest absolute Gasteiger partial charge is 0.290 e. The monoisotopic (exact) mass is 467 g/mol. The highest BCUT2D eigenvalue weighted by Gasteiger charge is 2.31. The van der Waals surface area contributed by atoms with Crippen LogP contribution >= 0.6 is 15.9 Å². The average Bonchev–Trinajstić information content (AvgIpc) is 2.69. The first-order valence-electron chi connectivity index (χ1n) is 7.85. The van der Waals surface area contributed by atoms with Gasteiger partial charge >= 0.3 is 0 Å². The van der Waals surface area contributed by atoms with Gasteiger partial charge in [0.05, 0.1) is 9.79 Å². The molecule has 0 bridgehead atoms. The van der Waals surface area contributed by atoms with Crippen molar-refractivity contribution in [1.29, 1.82) is 0 Å². The van der Waals surface area contributed by atoms with E-state index in [0.29, 0.717) is 4.47 Å². The van der Waals surface area contributed by atoms with E-state index in [4.69, 9.17) is 0 Å². The summed E-state index contributed by atoms with van der Waals surface area (Å²) in [5.74, 6) is 0. The van der Waals surface area contributed by atoms with Gasteiger partial charge in [-0.1, -0.05) is 74.3 Å². The summed E-state index contributed by atoms with van der Waals surface area (Å²) < 4.78 is 58.6. The molecule has 0 aliphatic carbocycles. The van der Waals surface area contributed by atoms with Crippen molar-refractivity contribution in [2.45, 2.75) is 15.3 Å². The molecule has 0 fully saturated rings. The van der Waals surface area contributed by atoms with Gasteiger partial charge in [0.25, 0.3) is 10.0 Å². The summed E-state index contributed by atoms with van der Waals surface area (Å²) in [6.07, 6.45) is 0. The fourth-order valence-corrected chi connectivity index (χ4v) is 7.06. The molecule has 0 aliphatic heterocycles. The lowest BCUT2D eigenvalue weighted by atomic mass is 10.2. The number of hydrogen-bond acceptors (Lipinski definition) is 3. The molecule has 0 N–H and O–H groups in total. The molecule has 2 atom stereocenters. The van der Waals surface area contributed by atoms with E-state index in [0.717, 1.165) is 0 Å². The van der Waals surface area contributed by atoms with Gasteiger partial charge in [0.15, 0.2) is 0 Å². The fourth-order valence-electron chi connectivity index (χ4n) is 2.43. The molecule has 3 rings (SSSR count). The number of halogens is 2. The van der Waals surface area contributed by atoms with Gasteiger partial charge in [-0.25, -0.2) is 8.60 Å². The Morgan fingerprint density at radius 2 is 1.22 bits per heavy atom.